The molecule has 7 heteroatoms. The molecule has 0 amide bonds. The van der Waals surface area contributed by atoms with E-state index in [2.05, 4.69) is 33.2 Å². The van der Waals surface area contributed by atoms with E-state index in [1.165, 1.54) is 12.8 Å². The van der Waals surface area contributed by atoms with Gasteiger partial charge in [0.15, 0.2) is 5.84 Å². The van der Waals surface area contributed by atoms with Crippen LogP contribution in [0.2, 0.25) is 0 Å². The standard InChI is InChI=1S/C11H18N6O/c1-16-6-4-9(5-7-16)8-18-11-3-2-10-12-14-15-17(10)13-11/h2-3,9,14-15H,4-8H2,1H3. The summed E-state index contributed by atoms with van der Waals surface area (Å²) >= 11 is 0. The predicted molar refractivity (Wildman–Crippen MR) is 68.3 cm³/mol. The molecule has 7 nitrogen and oxygen atoms in total. The quantitative estimate of drug-likeness (QED) is 0.714. The van der Waals surface area contributed by atoms with Gasteiger partial charge in [-0.2, -0.15) is 5.12 Å². The highest BCUT2D eigenvalue weighted by atomic mass is 16.5. The summed E-state index contributed by atoms with van der Waals surface area (Å²) in [6, 6.07) is 0. The van der Waals surface area contributed by atoms with Crippen molar-refractivity contribution < 1.29 is 4.74 Å². The van der Waals surface area contributed by atoms with Crippen molar-refractivity contribution in [1.82, 2.24) is 21.1 Å². The Hall–Kier alpha value is -1.60. The van der Waals surface area contributed by atoms with E-state index in [4.69, 9.17) is 4.74 Å². The van der Waals surface area contributed by atoms with Gasteiger partial charge in [-0.15, -0.1) is 15.7 Å². The molecule has 3 aliphatic heterocycles. The van der Waals surface area contributed by atoms with E-state index in [0.29, 0.717) is 11.8 Å². The highest BCUT2D eigenvalue weighted by molar-refractivity contribution is 6.03. The van der Waals surface area contributed by atoms with Crippen LogP contribution in [0.1, 0.15) is 12.8 Å². The zero-order valence-corrected chi connectivity index (χ0v) is 10.5. The first-order valence-electron chi connectivity index (χ1n) is 6.28. The Bertz CT molecular complexity index is 396. The minimum absolute atomic E-state index is 0.629. The van der Waals surface area contributed by atoms with Crippen molar-refractivity contribution >= 4 is 11.7 Å². The maximum absolute atomic E-state index is 5.75. The Kier molecular flexibility index (Phi) is 3.16. The Morgan fingerprint density at radius 2 is 2.22 bits per heavy atom. The molecule has 2 N–H and O–H groups in total. The summed E-state index contributed by atoms with van der Waals surface area (Å²) in [5.74, 6) is 2.00. The first kappa shape index (κ1) is 11.5. The van der Waals surface area contributed by atoms with Gasteiger partial charge in [-0.1, -0.05) is 0 Å². The lowest BCUT2D eigenvalue weighted by Gasteiger charge is -2.28. The first-order chi connectivity index (χ1) is 8.81. The molecule has 3 heterocycles. The summed E-state index contributed by atoms with van der Waals surface area (Å²) in [4.78, 5) is 2.36. The van der Waals surface area contributed by atoms with Gasteiger partial charge in [0.05, 0.1) is 6.61 Å². The second kappa shape index (κ2) is 4.95. The number of amidine groups is 1. The van der Waals surface area contributed by atoms with Crippen molar-refractivity contribution in [3.63, 3.8) is 0 Å². The lowest BCUT2D eigenvalue weighted by molar-refractivity contribution is 0.151. The summed E-state index contributed by atoms with van der Waals surface area (Å²) in [7, 11) is 2.16. The molecule has 1 saturated heterocycles. The Morgan fingerprint density at radius 1 is 1.39 bits per heavy atom. The molecule has 1 fully saturated rings. The molecule has 0 atom stereocenters. The summed E-state index contributed by atoms with van der Waals surface area (Å²) in [5.41, 5.74) is 5.43. The van der Waals surface area contributed by atoms with Crippen molar-refractivity contribution in [3.8, 4) is 0 Å². The van der Waals surface area contributed by atoms with Crippen LogP contribution in [0.25, 0.3) is 0 Å². The Morgan fingerprint density at radius 3 is 3.06 bits per heavy atom. The molecule has 0 radical (unpaired) electrons. The summed E-state index contributed by atoms with van der Waals surface area (Å²) in [5, 5.41) is 9.81. The highest BCUT2D eigenvalue weighted by Gasteiger charge is 2.21. The lowest BCUT2D eigenvalue weighted by Crippen LogP contribution is -2.39. The fourth-order valence-electron chi connectivity index (χ4n) is 2.21. The maximum atomic E-state index is 5.75. The monoisotopic (exact) mass is 250 g/mol. The van der Waals surface area contributed by atoms with E-state index in [1.807, 2.05) is 12.2 Å². The van der Waals surface area contributed by atoms with Crippen LogP contribution in [0.5, 0.6) is 0 Å². The predicted octanol–water partition coefficient (Wildman–Crippen LogP) is -0.134. The number of hydrogen-bond acceptors (Lipinski definition) is 7. The highest BCUT2D eigenvalue weighted by Crippen LogP contribution is 2.16. The van der Waals surface area contributed by atoms with Crippen LogP contribution in [0.4, 0.5) is 0 Å². The smallest absolute Gasteiger partial charge is 0.233 e. The van der Waals surface area contributed by atoms with Gasteiger partial charge in [0.25, 0.3) is 0 Å². The van der Waals surface area contributed by atoms with Gasteiger partial charge in [-0.3, -0.25) is 0 Å². The summed E-state index contributed by atoms with van der Waals surface area (Å²) in [6.07, 6.45) is 6.11. The second-order valence-electron chi connectivity index (χ2n) is 4.83. The third-order valence-electron chi connectivity index (χ3n) is 3.42. The van der Waals surface area contributed by atoms with Crippen molar-refractivity contribution in [2.45, 2.75) is 12.8 Å². The van der Waals surface area contributed by atoms with Gasteiger partial charge in [-0.05, 0) is 45.0 Å². The van der Waals surface area contributed by atoms with Gasteiger partial charge < -0.3 is 9.64 Å². The van der Waals surface area contributed by atoms with E-state index < -0.39 is 0 Å². The molecule has 0 aromatic rings. The molecule has 0 spiro atoms. The number of hydrogen-bond donors (Lipinski definition) is 2. The number of piperidine rings is 1. The van der Waals surface area contributed by atoms with Crippen molar-refractivity contribution in [3.05, 3.63) is 12.2 Å². The minimum atomic E-state index is 0.629. The number of rotatable bonds is 2. The summed E-state index contributed by atoms with van der Waals surface area (Å²) < 4.78 is 5.75. The van der Waals surface area contributed by atoms with Gasteiger partial charge in [-0.25, -0.2) is 5.53 Å². The molecule has 0 aromatic carbocycles. The molecular weight excluding hydrogens is 232 g/mol. The molecule has 18 heavy (non-hydrogen) atoms. The van der Waals surface area contributed by atoms with E-state index in [-0.39, 0.29) is 0 Å². The Balaban J connectivity index is 1.49. The van der Waals surface area contributed by atoms with Crippen LogP contribution in [0.15, 0.2) is 22.4 Å². The van der Waals surface area contributed by atoms with Gasteiger partial charge in [0, 0.05) is 6.08 Å². The molecule has 3 rings (SSSR count). The number of nitrogens with one attached hydrogen (secondary N) is 2. The van der Waals surface area contributed by atoms with Crippen LogP contribution < -0.4 is 11.1 Å². The van der Waals surface area contributed by atoms with E-state index in [0.717, 1.165) is 25.5 Å². The van der Waals surface area contributed by atoms with Crippen LogP contribution in [-0.4, -0.2) is 48.5 Å². The number of fused-ring (bicyclic) bond motifs is 1. The number of hydrazone groups is 2. The average molecular weight is 250 g/mol. The van der Waals surface area contributed by atoms with Gasteiger partial charge in [0.1, 0.15) is 0 Å². The normalized spacial score (nSPS) is 24.4. The average Bonchev–Trinajstić information content (AvgIpc) is 2.85. The fraction of sp³-hybridized carbons (Fsp3) is 0.636. The molecule has 0 bridgehead atoms. The van der Waals surface area contributed by atoms with E-state index in [1.54, 1.807) is 5.12 Å². The maximum Gasteiger partial charge on any atom is 0.233 e. The van der Waals surface area contributed by atoms with Crippen molar-refractivity contribution in [2.24, 2.45) is 16.1 Å². The van der Waals surface area contributed by atoms with Crippen LogP contribution in [0.3, 0.4) is 0 Å². The summed E-state index contributed by atoms with van der Waals surface area (Å²) in [6.45, 7) is 3.06. The topological polar surface area (TPSA) is 64.5 Å². The Labute approximate surface area is 106 Å². The zero-order chi connectivity index (χ0) is 12.4. The molecule has 98 valence electrons. The molecular formula is C11H18N6O. The van der Waals surface area contributed by atoms with Crippen LogP contribution in [0, 0.1) is 5.92 Å². The second-order valence-corrected chi connectivity index (χ2v) is 4.83. The van der Waals surface area contributed by atoms with Gasteiger partial charge >= 0.3 is 0 Å². The largest absolute Gasteiger partial charge is 0.476 e. The van der Waals surface area contributed by atoms with Crippen LogP contribution >= 0.6 is 0 Å². The first-order valence-corrected chi connectivity index (χ1v) is 6.28. The third kappa shape index (κ3) is 2.46. The van der Waals surface area contributed by atoms with E-state index in [9.17, 15) is 0 Å². The minimum Gasteiger partial charge on any atom is -0.476 e. The number of nitrogens with zero attached hydrogens (tertiary/aromatic N) is 4. The van der Waals surface area contributed by atoms with Crippen molar-refractivity contribution in [1.29, 1.82) is 0 Å². The van der Waals surface area contributed by atoms with E-state index >= 15 is 0 Å². The lowest BCUT2D eigenvalue weighted by atomic mass is 9.98. The molecule has 0 saturated carbocycles. The van der Waals surface area contributed by atoms with Gasteiger partial charge in [0.2, 0.25) is 5.90 Å². The van der Waals surface area contributed by atoms with Crippen LogP contribution in [-0.2, 0) is 4.74 Å². The number of ether oxygens (including phenoxy) is 1. The SMILES string of the molecule is CN1CCC(COC2=NN3NNN=C3C=C2)CC1. The number of hydrazine groups is 2. The third-order valence-corrected chi connectivity index (χ3v) is 3.42. The zero-order valence-electron chi connectivity index (χ0n) is 10.5. The number of likely N-dealkylation sites (tertiary alicyclic amines) is 1. The fourth-order valence-corrected chi connectivity index (χ4v) is 2.21. The molecule has 0 aliphatic carbocycles. The molecule has 0 aromatic heterocycles. The molecule has 3 aliphatic rings. The molecule has 0 unspecified atom stereocenters. The van der Waals surface area contributed by atoms with Crippen molar-refractivity contribution in [2.75, 3.05) is 26.7 Å².